The molecule has 0 aliphatic carbocycles. The third-order valence-electron chi connectivity index (χ3n) is 3.19. The average molecular weight is 450 g/mol. The number of halogens is 2. The Labute approximate surface area is 146 Å². The maximum atomic E-state index is 3.63. The van der Waals surface area contributed by atoms with Crippen molar-refractivity contribution in [1.82, 2.24) is 0 Å². The Bertz CT molecular complexity index is 689. The highest BCUT2D eigenvalue weighted by Gasteiger charge is 2.12. The van der Waals surface area contributed by atoms with Gasteiger partial charge in [-0.05, 0) is 81.0 Å². The fraction of sp³-hybridized carbons (Fsp3) is 0. The zero-order valence-corrected chi connectivity index (χ0v) is 15.0. The van der Waals surface area contributed by atoms with E-state index >= 15 is 0 Å². The van der Waals surface area contributed by atoms with E-state index in [0.29, 0.717) is 0 Å². The Morgan fingerprint density at radius 1 is 0.667 bits per heavy atom. The molecule has 0 bridgehead atoms. The van der Waals surface area contributed by atoms with Crippen molar-refractivity contribution in [2.24, 2.45) is 0 Å². The van der Waals surface area contributed by atoms with Gasteiger partial charge in [0.15, 0.2) is 0 Å². The van der Waals surface area contributed by atoms with Crippen LogP contribution in [0.5, 0.6) is 0 Å². The molecule has 0 unspecified atom stereocenters. The first-order chi connectivity index (χ1) is 10.3. The van der Waals surface area contributed by atoms with Crippen molar-refractivity contribution < 1.29 is 0 Å². The zero-order valence-electron chi connectivity index (χ0n) is 11.2. The van der Waals surface area contributed by atoms with Crippen molar-refractivity contribution in [3.63, 3.8) is 0 Å². The number of nitrogens with zero attached hydrogens (tertiary/aromatic N) is 1. The molecule has 3 aromatic rings. The molecule has 0 heterocycles. The van der Waals surface area contributed by atoms with Gasteiger partial charge >= 0.3 is 0 Å². The molecule has 104 valence electrons. The summed E-state index contributed by atoms with van der Waals surface area (Å²) in [5.41, 5.74) is 3.44. The van der Waals surface area contributed by atoms with Crippen molar-refractivity contribution in [1.29, 1.82) is 0 Å². The van der Waals surface area contributed by atoms with Crippen molar-refractivity contribution in [3.05, 3.63) is 86.9 Å². The lowest BCUT2D eigenvalue weighted by molar-refractivity contribution is 1.28. The molecule has 0 N–H and O–H groups in total. The summed E-state index contributed by atoms with van der Waals surface area (Å²) >= 11 is 5.95. The minimum absolute atomic E-state index is 1.11. The Balaban J connectivity index is 2.14. The van der Waals surface area contributed by atoms with Gasteiger partial charge in [-0.15, -0.1) is 0 Å². The smallest absolute Gasteiger partial charge is 0.0473 e. The molecule has 3 heteroatoms. The highest BCUT2D eigenvalue weighted by Crippen LogP contribution is 2.36. The number of hydrogen-bond donors (Lipinski definition) is 0. The first-order valence-corrected chi connectivity index (χ1v) is 8.48. The topological polar surface area (TPSA) is 3.24 Å². The molecular weight excluding hydrogens is 437 g/mol. The van der Waals surface area contributed by atoms with Crippen molar-refractivity contribution >= 4 is 55.6 Å². The van der Waals surface area contributed by atoms with Crippen LogP contribution in [0.25, 0.3) is 0 Å². The molecule has 0 amide bonds. The van der Waals surface area contributed by atoms with Gasteiger partial charge in [-0.25, -0.2) is 0 Å². The van der Waals surface area contributed by atoms with Crippen molar-refractivity contribution in [2.75, 3.05) is 4.90 Å². The lowest BCUT2D eigenvalue weighted by atomic mass is 10.2. The molecule has 21 heavy (non-hydrogen) atoms. The van der Waals surface area contributed by atoms with E-state index in [2.05, 4.69) is 110 Å². The van der Waals surface area contributed by atoms with Crippen LogP contribution >= 0.6 is 38.5 Å². The van der Waals surface area contributed by atoms with Crippen molar-refractivity contribution in [2.45, 2.75) is 0 Å². The maximum Gasteiger partial charge on any atom is 0.0473 e. The molecular formula is C18H13BrIN. The lowest BCUT2D eigenvalue weighted by Crippen LogP contribution is -2.09. The van der Waals surface area contributed by atoms with Crippen LogP contribution in [0.2, 0.25) is 0 Å². The van der Waals surface area contributed by atoms with Gasteiger partial charge < -0.3 is 4.90 Å². The van der Waals surface area contributed by atoms with E-state index in [-0.39, 0.29) is 0 Å². The molecule has 0 saturated carbocycles. The molecule has 3 rings (SSSR count). The lowest BCUT2D eigenvalue weighted by Gasteiger charge is -2.25. The summed E-state index contributed by atoms with van der Waals surface area (Å²) in [7, 11) is 0. The molecule has 0 aliphatic heterocycles. The molecule has 0 atom stereocenters. The summed E-state index contributed by atoms with van der Waals surface area (Å²) in [6.45, 7) is 0. The highest BCUT2D eigenvalue weighted by molar-refractivity contribution is 14.1. The molecule has 0 radical (unpaired) electrons. The van der Waals surface area contributed by atoms with Crippen LogP contribution in [0.1, 0.15) is 0 Å². The predicted octanol–water partition coefficient (Wildman–Crippen LogP) is 6.52. The van der Waals surface area contributed by atoms with Gasteiger partial charge in [0.2, 0.25) is 0 Å². The monoisotopic (exact) mass is 449 g/mol. The third-order valence-corrected chi connectivity index (χ3v) is 5.53. The van der Waals surface area contributed by atoms with E-state index in [1.807, 2.05) is 12.1 Å². The van der Waals surface area contributed by atoms with E-state index in [0.717, 1.165) is 21.5 Å². The summed E-state index contributed by atoms with van der Waals surface area (Å²) in [5, 5.41) is 0. The first kappa shape index (κ1) is 14.6. The standard InChI is InChI=1S/C18H13BrIN/c19-17-13-16(11-12-18(17)20)21(14-7-3-1-4-8-14)15-9-5-2-6-10-15/h1-13H. The van der Waals surface area contributed by atoms with E-state index in [9.17, 15) is 0 Å². The molecule has 1 nitrogen and oxygen atoms in total. The molecule has 0 aromatic heterocycles. The van der Waals surface area contributed by atoms with E-state index in [1.54, 1.807) is 0 Å². The Morgan fingerprint density at radius 3 is 1.67 bits per heavy atom. The van der Waals surface area contributed by atoms with E-state index in [4.69, 9.17) is 0 Å². The summed E-state index contributed by atoms with van der Waals surface area (Å²) in [5.74, 6) is 0. The summed E-state index contributed by atoms with van der Waals surface area (Å²) in [6, 6.07) is 27.2. The van der Waals surface area contributed by atoms with E-state index in [1.165, 1.54) is 3.57 Å². The van der Waals surface area contributed by atoms with Crippen LogP contribution in [0, 0.1) is 3.57 Å². The Kier molecular flexibility index (Phi) is 4.60. The quantitative estimate of drug-likeness (QED) is 0.411. The van der Waals surface area contributed by atoms with Crippen LogP contribution < -0.4 is 4.90 Å². The molecule has 0 aliphatic rings. The second-order valence-electron chi connectivity index (χ2n) is 4.60. The number of hydrogen-bond acceptors (Lipinski definition) is 1. The summed E-state index contributed by atoms with van der Waals surface area (Å²) < 4.78 is 2.31. The fourth-order valence-corrected chi connectivity index (χ4v) is 2.93. The van der Waals surface area contributed by atoms with Gasteiger partial charge in [0.25, 0.3) is 0 Å². The highest BCUT2D eigenvalue weighted by atomic mass is 127. The number of para-hydroxylation sites is 2. The molecule has 3 aromatic carbocycles. The minimum atomic E-state index is 1.11. The molecule has 0 spiro atoms. The van der Waals surface area contributed by atoms with Gasteiger partial charge in [-0.3, -0.25) is 0 Å². The van der Waals surface area contributed by atoms with Crippen molar-refractivity contribution in [3.8, 4) is 0 Å². The van der Waals surface area contributed by atoms with Gasteiger partial charge in [-0.2, -0.15) is 0 Å². The van der Waals surface area contributed by atoms with Crippen LogP contribution in [-0.2, 0) is 0 Å². The Morgan fingerprint density at radius 2 is 1.19 bits per heavy atom. The summed E-state index contributed by atoms with van der Waals surface area (Å²) in [6.07, 6.45) is 0. The maximum absolute atomic E-state index is 3.63. The average Bonchev–Trinajstić information content (AvgIpc) is 2.53. The number of benzene rings is 3. The minimum Gasteiger partial charge on any atom is -0.310 e. The predicted molar refractivity (Wildman–Crippen MR) is 102 cm³/mol. The van der Waals surface area contributed by atoms with Crippen LogP contribution in [0.4, 0.5) is 17.1 Å². The number of anilines is 3. The van der Waals surface area contributed by atoms with Crippen LogP contribution in [0.3, 0.4) is 0 Å². The second-order valence-corrected chi connectivity index (χ2v) is 6.62. The van der Waals surface area contributed by atoms with Crippen LogP contribution in [0.15, 0.2) is 83.3 Å². The normalized spacial score (nSPS) is 10.4. The second kappa shape index (κ2) is 6.62. The van der Waals surface area contributed by atoms with Gasteiger partial charge in [0, 0.05) is 25.1 Å². The zero-order chi connectivity index (χ0) is 14.7. The van der Waals surface area contributed by atoms with E-state index < -0.39 is 0 Å². The van der Waals surface area contributed by atoms with Crippen LogP contribution in [-0.4, -0.2) is 0 Å². The molecule has 0 saturated heterocycles. The number of rotatable bonds is 3. The third kappa shape index (κ3) is 3.30. The Hall–Kier alpha value is -1.33. The van der Waals surface area contributed by atoms with Gasteiger partial charge in [-0.1, -0.05) is 36.4 Å². The largest absolute Gasteiger partial charge is 0.310 e. The SMILES string of the molecule is Brc1cc(N(c2ccccc2)c2ccccc2)ccc1I. The van der Waals surface area contributed by atoms with Gasteiger partial charge in [0.05, 0.1) is 0 Å². The van der Waals surface area contributed by atoms with Gasteiger partial charge in [0.1, 0.15) is 0 Å². The molecule has 0 fully saturated rings. The summed E-state index contributed by atoms with van der Waals surface area (Å²) in [4.78, 5) is 2.25. The first-order valence-electron chi connectivity index (χ1n) is 6.61. The fourth-order valence-electron chi connectivity index (χ4n) is 2.23.